The minimum atomic E-state index is -0.653. The van der Waals surface area contributed by atoms with Crippen molar-refractivity contribution in [1.82, 2.24) is 4.90 Å². The van der Waals surface area contributed by atoms with Gasteiger partial charge in [-0.2, -0.15) is 0 Å². The first-order chi connectivity index (χ1) is 13.5. The highest BCUT2D eigenvalue weighted by atomic mass is 16.5. The summed E-state index contributed by atoms with van der Waals surface area (Å²) >= 11 is 0. The van der Waals surface area contributed by atoms with Crippen molar-refractivity contribution in [1.29, 1.82) is 0 Å². The molecule has 28 heavy (non-hydrogen) atoms. The van der Waals surface area contributed by atoms with Crippen LogP contribution in [0.15, 0.2) is 18.2 Å². The molecule has 0 radical (unpaired) electrons. The Kier molecular flexibility index (Phi) is 8.10. The summed E-state index contributed by atoms with van der Waals surface area (Å²) in [4.78, 5) is 37.6. The van der Waals surface area contributed by atoms with E-state index >= 15 is 0 Å². The molecule has 1 aromatic carbocycles. The van der Waals surface area contributed by atoms with Crippen LogP contribution in [0.3, 0.4) is 0 Å². The van der Waals surface area contributed by atoms with Crippen LogP contribution < -0.4 is 15.2 Å². The second-order valence-electron chi connectivity index (χ2n) is 6.64. The number of benzene rings is 1. The van der Waals surface area contributed by atoms with Crippen LogP contribution in [0.2, 0.25) is 0 Å². The molecule has 1 atom stereocenters. The normalized spacial score (nSPS) is 16.4. The van der Waals surface area contributed by atoms with Crippen LogP contribution >= 0.6 is 0 Å². The molecule has 1 aliphatic heterocycles. The third-order valence-corrected chi connectivity index (χ3v) is 4.63. The summed E-state index contributed by atoms with van der Waals surface area (Å²) in [6.07, 6.45) is 4.09. The van der Waals surface area contributed by atoms with E-state index in [4.69, 9.17) is 19.9 Å². The average molecular weight is 392 g/mol. The Morgan fingerprint density at radius 1 is 1.21 bits per heavy atom. The SMILES string of the molecule is CCCCOc1ccc(C(=O)OCC(=O)N2CCCC[C@@H]2C(N)=O)cc1OC. The zero-order valence-electron chi connectivity index (χ0n) is 16.4. The van der Waals surface area contributed by atoms with Crippen LogP contribution in [0, 0.1) is 0 Å². The summed E-state index contributed by atoms with van der Waals surface area (Å²) in [6, 6.07) is 4.07. The standard InChI is InChI=1S/C20H28N2O6/c1-3-4-11-27-16-9-8-14(12-17(16)26-2)20(25)28-13-18(23)22-10-6-5-7-15(22)19(21)24/h8-9,12,15H,3-7,10-11,13H2,1-2H3,(H2,21,24)/t15-/m1/s1. The lowest BCUT2D eigenvalue weighted by atomic mass is 10.0. The Balaban J connectivity index is 1.96. The molecule has 0 spiro atoms. The number of carbonyl (C=O) groups excluding carboxylic acids is 3. The van der Waals surface area contributed by atoms with Gasteiger partial charge in [0, 0.05) is 6.54 Å². The van der Waals surface area contributed by atoms with E-state index in [1.807, 2.05) is 0 Å². The number of amides is 2. The summed E-state index contributed by atoms with van der Waals surface area (Å²) in [5.41, 5.74) is 5.61. The minimum absolute atomic E-state index is 0.248. The predicted octanol–water partition coefficient (Wildman–Crippen LogP) is 1.90. The molecule has 8 nitrogen and oxygen atoms in total. The Morgan fingerprint density at radius 2 is 2.00 bits per heavy atom. The van der Waals surface area contributed by atoms with E-state index in [0.717, 1.165) is 25.7 Å². The molecule has 2 rings (SSSR count). The molecule has 1 aromatic rings. The maximum Gasteiger partial charge on any atom is 0.338 e. The molecule has 2 N–H and O–H groups in total. The van der Waals surface area contributed by atoms with Crippen molar-refractivity contribution in [3.63, 3.8) is 0 Å². The van der Waals surface area contributed by atoms with Gasteiger partial charge in [0.25, 0.3) is 5.91 Å². The van der Waals surface area contributed by atoms with Gasteiger partial charge in [-0.25, -0.2) is 4.79 Å². The van der Waals surface area contributed by atoms with Crippen molar-refractivity contribution < 1.29 is 28.6 Å². The second-order valence-corrected chi connectivity index (χ2v) is 6.64. The highest BCUT2D eigenvalue weighted by molar-refractivity contribution is 5.93. The van der Waals surface area contributed by atoms with Gasteiger partial charge in [-0.1, -0.05) is 13.3 Å². The van der Waals surface area contributed by atoms with Crippen LogP contribution in [0.5, 0.6) is 11.5 Å². The fraction of sp³-hybridized carbons (Fsp3) is 0.550. The lowest BCUT2D eigenvalue weighted by molar-refractivity contribution is -0.143. The van der Waals surface area contributed by atoms with Gasteiger partial charge in [-0.15, -0.1) is 0 Å². The average Bonchev–Trinajstić information content (AvgIpc) is 2.72. The first-order valence-corrected chi connectivity index (χ1v) is 9.54. The van der Waals surface area contributed by atoms with Gasteiger partial charge < -0.3 is 24.8 Å². The predicted molar refractivity (Wildman–Crippen MR) is 102 cm³/mol. The number of ether oxygens (including phenoxy) is 3. The van der Waals surface area contributed by atoms with Crippen molar-refractivity contribution >= 4 is 17.8 Å². The van der Waals surface area contributed by atoms with Crippen molar-refractivity contribution in [3.8, 4) is 11.5 Å². The smallest absolute Gasteiger partial charge is 0.338 e. The van der Waals surface area contributed by atoms with E-state index in [0.29, 0.717) is 31.1 Å². The number of esters is 1. The number of likely N-dealkylation sites (tertiary alicyclic amines) is 1. The van der Waals surface area contributed by atoms with Crippen LogP contribution in [0.25, 0.3) is 0 Å². The highest BCUT2D eigenvalue weighted by Gasteiger charge is 2.31. The quantitative estimate of drug-likeness (QED) is 0.508. The summed E-state index contributed by atoms with van der Waals surface area (Å²) in [5, 5.41) is 0. The van der Waals surface area contributed by atoms with E-state index in [1.54, 1.807) is 12.1 Å². The third kappa shape index (κ3) is 5.61. The van der Waals surface area contributed by atoms with Crippen LogP contribution in [-0.4, -0.2) is 55.6 Å². The molecule has 0 saturated carbocycles. The number of nitrogens with two attached hydrogens (primary N) is 1. The molecule has 0 aliphatic carbocycles. The maximum absolute atomic E-state index is 12.4. The molecule has 1 aliphatic rings. The molecule has 2 amide bonds. The Bertz CT molecular complexity index is 706. The van der Waals surface area contributed by atoms with Gasteiger partial charge in [-0.3, -0.25) is 9.59 Å². The van der Waals surface area contributed by atoms with E-state index in [-0.39, 0.29) is 5.56 Å². The molecule has 1 heterocycles. The zero-order valence-corrected chi connectivity index (χ0v) is 16.4. The fourth-order valence-corrected chi connectivity index (χ4v) is 3.06. The summed E-state index contributed by atoms with van der Waals surface area (Å²) < 4.78 is 16.0. The molecule has 1 saturated heterocycles. The van der Waals surface area contributed by atoms with Gasteiger partial charge >= 0.3 is 5.97 Å². The Labute approximate surface area is 164 Å². The number of hydrogen-bond donors (Lipinski definition) is 1. The maximum atomic E-state index is 12.4. The van der Waals surface area contributed by atoms with Crippen LogP contribution in [0.1, 0.15) is 49.4 Å². The number of rotatable bonds is 9. The lowest BCUT2D eigenvalue weighted by Gasteiger charge is -2.33. The third-order valence-electron chi connectivity index (χ3n) is 4.63. The number of primary amides is 1. The van der Waals surface area contributed by atoms with E-state index in [9.17, 15) is 14.4 Å². The topological polar surface area (TPSA) is 108 Å². The van der Waals surface area contributed by atoms with E-state index in [2.05, 4.69) is 6.92 Å². The number of nitrogens with zero attached hydrogens (tertiary/aromatic N) is 1. The first kappa shape index (κ1) is 21.5. The fourth-order valence-electron chi connectivity index (χ4n) is 3.06. The summed E-state index contributed by atoms with van der Waals surface area (Å²) in [5.74, 6) is -0.659. The van der Waals surface area contributed by atoms with Gasteiger partial charge in [0.1, 0.15) is 6.04 Å². The van der Waals surface area contributed by atoms with Crippen LogP contribution in [-0.2, 0) is 14.3 Å². The van der Waals surface area contributed by atoms with Crippen LogP contribution in [0.4, 0.5) is 0 Å². The second kappa shape index (κ2) is 10.5. The Hall–Kier alpha value is -2.77. The highest BCUT2D eigenvalue weighted by Crippen LogP contribution is 2.28. The van der Waals surface area contributed by atoms with Crippen molar-refractivity contribution in [2.45, 2.75) is 45.1 Å². The van der Waals surface area contributed by atoms with E-state index in [1.165, 1.54) is 18.1 Å². The lowest BCUT2D eigenvalue weighted by Crippen LogP contribution is -2.51. The van der Waals surface area contributed by atoms with Crippen molar-refractivity contribution in [2.24, 2.45) is 5.73 Å². The molecule has 0 bridgehead atoms. The van der Waals surface area contributed by atoms with Gasteiger partial charge in [-0.05, 0) is 43.9 Å². The molecule has 0 aromatic heterocycles. The number of piperidine rings is 1. The summed E-state index contributed by atoms with van der Waals surface area (Å²) in [7, 11) is 1.49. The van der Waals surface area contributed by atoms with Crippen molar-refractivity contribution in [2.75, 3.05) is 26.9 Å². The van der Waals surface area contributed by atoms with Gasteiger partial charge in [0.05, 0.1) is 19.3 Å². The first-order valence-electron chi connectivity index (χ1n) is 9.54. The number of carbonyl (C=O) groups is 3. The van der Waals surface area contributed by atoms with E-state index < -0.39 is 30.4 Å². The minimum Gasteiger partial charge on any atom is -0.493 e. The molecule has 0 unspecified atom stereocenters. The molecular weight excluding hydrogens is 364 g/mol. The van der Waals surface area contributed by atoms with Gasteiger partial charge in [0.15, 0.2) is 18.1 Å². The molecular formula is C20H28N2O6. The van der Waals surface area contributed by atoms with Crippen molar-refractivity contribution in [3.05, 3.63) is 23.8 Å². The zero-order chi connectivity index (χ0) is 20.5. The number of unbranched alkanes of at least 4 members (excludes halogenated alkanes) is 1. The molecule has 1 fully saturated rings. The Morgan fingerprint density at radius 3 is 2.68 bits per heavy atom. The molecule has 8 heteroatoms. The number of hydrogen-bond acceptors (Lipinski definition) is 6. The summed E-state index contributed by atoms with van der Waals surface area (Å²) in [6.45, 7) is 2.61. The largest absolute Gasteiger partial charge is 0.493 e. The number of methoxy groups -OCH3 is 1. The molecule has 154 valence electrons. The van der Waals surface area contributed by atoms with Gasteiger partial charge in [0.2, 0.25) is 5.91 Å². The monoisotopic (exact) mass is 392 g/mol.